The summed E-state index contributed by atoms with van der Waals surface area (Å²) in [7, 11) is 0. The monoisotopic (exact) mass is 209 g/mol. The quantitative estimate of drug-likeness (QED) is 0.779. The third kappa shape index (κ3) is 2.02. The normalized spacial score (nSPS) is 17.7. The zero-order valence-electron chi connectivity index (χ0n) is 8.76. The highest BCUT2D eigenvalue weighted by Crippen LogP contribution is 2.21. The van der Waals surface area contributed by atoms with E-state index in [1.165, 1.54) is 0 Å². The van der Waals surface area contributed by atoms with Crippen LogP contribution in [0.3, 0.4) is 0 Å². The summed E-state index contributed by atoms with van der Waals surface area (Å²) in [4.78, 5) is 12.9. The fourth-order valence-corrected chi connectivity index (χ4v) is 1.92. The Labute approximate surface area is 88.3 Å². The first-order valence-corrected chi connectivity index (χ1v) is 5.17. The van der Waals surface area contributed by atoms with Crippen LogP contribution in [-0.2, 0) is 11.2 Å². The van der Waals surface area contributed by atoms with Gasteiger partial charge >= 0.3 is 5.97 Å². The number of hydrogen-bond donors (Lipinski definition) is 1. The van der Waals surface area contributed by atoms with E-state index in [0.717, 1.165) is 25.3 Å². The largest absolute Gasteiger partial charge is 0.481 e. The Morgan fingerprint density at radius 1 is 1.67 bits per heavy atom. The van der Waals surface area contributed by atoms with Crippen molar-refractivity contribution < 1.29 is 9.90 Å². The van der Waals surface area contributed by atoms with Gasteiger partial charge in [-0.1, -0.05) is 6.92 Å². The average Bonchev–Trinajstić information content (AvgIpc) is 2.50. The fourth-order valence-electron chi connectivity index (χ4n) is 1.92. The van der Waals surface area contributed by atoms with Gasteiger partial charge in [0.2, 0.25) is 0 Å². The molecule has 1 aliphatic rings. The number of likely N-dealkylation sites (N-methyl/N-ethyl adjacent to an activating group) is 1. The molecule has 0 aliphatic carbocycles. The molecule has 0 unspecified atom stereocenters. The summed E-state index contributed by atoms with van der Waals surface area (Å²) in [5.74, 6) is -0.802. The van der Waals surface area contributed by atoms with Gasteiger partial charge in [-0.15, -0.1) is 0 Å². The van der Waals surface area contributed by atoms with Crippen LogP contribution in [0.1, 0.15) is 18.7 Å². The highest BCUT2D eigenvalue weighted by Gasteiger charge is 2.28. The molecular formula is C10H15N3O2. The lowest BCUT2D eigenvalue weighted by molar-refractivity contribution is -0.136. The Bertz CT molecular complexity index is 355. The minimum atomic E-state index is -0.802. The lowest BCUT2D eigenvalue weighted by Crippen LogP contribution is -2.48. The molecule has 1 aliphatic heterocycles. The van der Waals surface area contributed by atoms with Crippen LogP contribution < -0.4 is 0 Å². The summed E-state index contributed by atoms with van der Waals surface area (Å²) in [5.41, 5.74) is 0.795. The molecule has 5 nitrogen and oxygen atoms in total. The zero-order valence-corrected chi connectivity index (χ0v) is 8.76. The lowest BCUT2D eigenvalue weighted by atomic mass is 10.1. The number of aliphatic carboxylic acids is 1. The number of carboxylic acids is 1. The van der Waals surface area contributed by atoms with Gasteiger partial charge < -0.3 is 5.11 Å². The molecular weight excluding hydrogens is 194 g/mol. The van der Waals surface area contributed by atoms with E-state index >= 15 is 0 Å². The highest BCUT2D eigenvalue weighted by molar-refractivity contribution is 5.69. The molecule has 0 bridgehead atoms. The van der Waals surface area contributed by atoms with Crippen LogP contribution >= 0.6 is 0 Å². The topological polar surface area (TPSA) is 58.4 Å². The SMILES string of the molecule is CCN1CC(n2nccc2CC(=O)O)C1. The molecule has 0 saturated carbocycles. The van der Waals surface area contributed by atoms with E-state index in [2.05, 4.69) is 16.9 Å². The van der Waals surface area contributed by atoms with Crippen LogP contribution in [0.2, 0.25) is 0 Å². The molecule has 2 rings (SSSR count). The van der Waals surface area contributed by atoms with Crippen molar-refractivity contribution >= 4 is 5.97 Å². The Hall–Kier alpha value is -1.36. The summed E-state index contributed by atoms with van der Waals surface area (Å²) in [6.45, 7) is 5.12. The minimum Gasteiger partial charge on any atom is -0.481 e. The van der Waals surface area contributed by atoms with Crippen molar-refractivity contribution in [3.63, 3.8) is 0 Å². The molecule has 1 N–H and O–H groups in total. The molecule has 0 radical (unpaired) electrons. The van der Waals surface area contributed by atoms with E-state index < -0.39 is 5.97 Å². The molecule has 2 heterocycles. The van der Waals surface area contributed by atoms with Gasteiger partial charge in [-0.25, -0.2) is 0 Å². The second-order valence-corrected chi connectivity index (χ2v) is 3.84. The molecule has 1 fully saturated rings. The maximum absolute atomic E-state index is 10.6. The summed E-state index contributed by atoms with van der Waals surface area (Å²) >= 11 is 0. The Morgan fingerprint density at radius 2 is 2.40 bits per heavy atom. The van der Waals surface area contributed by atoms with Crippen LogP contribution in [0.5, 0.6) is 0 Å². The van der Waals surface area contributed by atoms with Crippen molar-refractivity contribution in [2.45, 2.75) is 19.4 Å². The van der Waals surface area contributed by atoms with Crippen molar-refractivity contribution in [2.24, 2.45) is 0 Å². The number of carbonyl (C=O) groups is 1. The molecule has 0 atom stereocenters. The number of nitrogens with zero attached hydrogens (tertiary/aromatic N) is 3. The first kappa shape index (κ1) is 10.2. The Morgan fingerprint density at radius 3 is 3.00 bits per heavy atom. The molecule has 1 aromatic rings. The van der Waals surface area contributed by atoms with Crippen molar-refractivity contribution in [1.82, 2.24) is 14.7 Å². The van der Waals surface area contributed by atoms with Gasteiger partial charge in [-0.2, -0.15) is 5.10 Å². The van der Waals surface area contributed by atoms with E-state index in [0.29, 0.717) is 6.04 Å². The van der Waals surface area contributed by atoms with Crippen molar-refractivity contribution in [3.8, 4) is 0 Å². The number of likely N-dealkylation sites (tertiary alicyclic amines) is 1. The van der Waals surface area contributed by atoms with Crippen molar-refractivity contribution in [1.29, 1.82) is 0 Å². The molecule has 0 aromatic carbocycles. The molecule has 82 valence electrons. The summed E-state index contributed by atoms with van der Waals surface area (Å²) in [6, 6.07) is 2.14. The molecule has 5 heteroatoms. The smallest absolute Gasteiger partial charge is 0.309 e. The van der Waals surface area contributed by atoms with E-state index in [9.17, 15) is 4.79 Å². The summed E-state index contributed by atoms with van der Waals surface area (Å²) < 4.78 is 1.85. The van der Waals surface area contributed by atoms with Gasteiger partial charge in [0.05, 0.1) is 12.5 Å². The van der Waals surface area contributed by atoms with E-state index in [-0.39, 0.29) is 6.42 Å². The fraction of sp³-hybridized carbons (Fsp3) is 0.600. The van der Waals surface area contributed by atoms with Gasteiger partial charge in [0.15, 0.2) is 0 Å². The van der Waals surface area contributed by atoms with Gasteiger partial charge in [0, 0.05) is 25.0 Å². The van der Waals surface area contributed by atoms with E-state index in [4.69, 9.17) is 5.11 Å². The minimum absolute atomic E-state index is 0.0582. The number of aromatic nitrogens is 2. The number of hydrogen-bond acceptors (Lipinski definition) is 3. The Balaban J connectivity index is 2.03. The van der Waals surface area contributed by atoms with Gasteiger partial charge in [0.1, 0.15) is 0 Å². The van der Waals surface area contributed by atoms with Gasteiger partial charge in [-0.05, 0) is 12.6 Å². The zero-order chi connectivity index (χ0) is 10.8. The third-order valence-electron chi connectivity index (χ3n) is 2.82. The van der Waals surface area contributed by atoms with Gasteiger partial charge in [0.25, 0.3) is 0 Å². The predicted molar refractivity (Wildman–Crippen MR) is 54.7 cm³/mol. The molecule has 0 spiro atoms. The Kier molecular flexibility index (Phi) is 2.73. The van der Waals surface area contributed by atoms with E-state index in [1.54, 1.807) is 12.3 Å². The molecule has 15 heavy (non-hydrogen) atoms. The van der Waals surface area contributed by atoms with Gasteiger partial charge in [-0.3, -0.25) is 14.4 Å². The van der Waals surface area contributed by atoms with Crippen molar-refractivity contribution in [3.05, 3.63) is 18.0 Å². The standard InChI is InChI=1S/C10H15N3O2/c1-2-12-6-9(7-12)13-8(3-4-11-13)5-10(14)15/h3-4,9H,2,5-7H2,1H3,(H,14,15). The second kappa shape index (κ2) is 4.02. The van der Waals surface area contributed by atoms with Crippen molar-refractivity contribution in [2.75, 3.05) is 19.6 Å². The van der Waals surface area contributed by atoms with E-state index in [1.807, 2.05) is 4.68 Å². The second-order valence-electron chi connectivity index (χ2n) is 3.84. The number of rotatable bonds is 4. The summed E-state index contributed by atoms with van der Waals surface area (Å²) in [5, 5.41) is 12.9. The maximum Gasteiger partial charge on any atom is 0.309 e. The molecule has 0 amide bonds. The first-order chi connectivity index (χ1) is 7.20. The maximum atomic E-state index is 10.6. The molecule has 1 saturated heterocycles. The van der Waals surface area contributed by atoms with Crippen LogP contribution in [-0.4, -0.2) is 45.4 Å². The first-order valence-electron chi connectivity index (χ1n) is 5.17. The number of carboxylic acid groups (broad SMARTS) is 1. The van der Waals surface area contributed by atoms with Crippen LogP contribution in [0, 0.1) is 0 Å². The van der Waals surface area contributed by atoms with Crippen LogP contribution in [0.4, 0.5) is 0 Å². The lowest BCUT2D eigenvalue weighted by Gasteiger charge is -2.39. The predicted octanol–water partition coefficient (Wildman–Crippen LogP) is 0.387. The van der Waals surface area contributed by atoms with Crippen LogP contribution in [0.15, 0.2) is 12.3 Å². The van der Waals surface area contributed by atoms with Crippen LogP contribution in [0.25, 0.3) is 0 Å². The molecule has 1 aromatic heterocycles. The average molecular weight is 209 g/mol. The summed E-state index contributed by atoms with van der Waals surface area (Å²) in [6.07, 6.45) is 1.73. The third-order valence-corrected chi connectivity index (χ3v) is 2.82. The highest BCUT2D eigenvalue weighted by atomic mass is 16.4.